The lowest BCUT2D eigenvalue weighted by atomic mass is 9.88. The van der Waals surface area contributed by atoms with Crippen LogP contribution in [0.25, 0.3) is 0 Å². The van der Waals surface area contributed by atoms with Crippen LogP contribution in [0.5, 0.6) is 0 Å². The molecule has 104 valence electrons. The van der Waals surface area contributed by atoms with Crippen molar-refractivity contribution >= 4 is 11.6 Å². The molecule has 0 saturated carbocycles. The number of piperidine rings is 1. The first-order valence-electron chi connectivity index (χ1n) is 7.13. The normalized spacial score (nSPS) is 20.4. The van der Waals surface area contributed by atoms with Gasteiger partial charge in [0.1, 0.15) is 5.82 Å². The molecule has 3 nitrogen and oxygen atoms in total. The monoisotopic (exact) mass is 260 g/mol. The van der Waals surface area contributed by atoms with Crippen LogP contribution in [-0.2, 0) is 10.2 Å². The molecule has 19 heavy (non-hydrogen) atoms. The Labute approximate surface area is 116 Å². The van der Waals surface area contributed by atoms with Gasteiger partial charge in [-0.2, -0.15) is 0 Å². The van der Waals surface area contributed by atoms with Crippen LogP contribution in [0, 0.1) is 0 Å². The lowest BCUT2D eigenvalue weighted by Crippen LogP contribution is -2.44. The van der Waals surface area contributed by atoms with E-state index in [-0.39, 0.29) is 17.2 Å². The molecule has 2 rings (SSSR count). The quantitative estimate of drug-likeness (QED) is 0.817. The van der Waals surface area contributed by atoms with Crippen LogP contribution in [0.1, 0.15) is 52.5 Å². The fraction of sp³-hybridized carbons (Fsp3) is 0.625. The molecular weight excluding hydrogens is 236 g/mol. The van der Waals surface area contributed by atoms with E-state index >= 15 is 0 Å². The fourth-order valence-corrected chi connectivity index (χ4v) is 2.63. The minimum atomic E-state index is 0.0155. The molecule has 1 aromatic rings. The summed E-state index contributed by atoms with van der Waals surface area (Å²) in [5.41, 5.74) is 1.35. The number of Topliss-reactive ketones (excluding diaryl/α,β-unsaturated/α-hetero) is 1. The van der Waals surface area contributed by atoms with Gasteiger partial charge in [0.15, 0.2) is 5.78 Å². The molecule has 0 radical (unpaired) electrons. The van der Waals surface area contributed by atoms with Gasteiger partial charge in [0.05, 0.1) is 6.04 Å². The van der Waals surface area contributed by atoms with E-state index in [1.165, 1.54) is 5.56 Å². The number of hydrogen-bond donors (Lipinski definition) is 0. The van der Waals surface area contributed by atoms with Crippen LogP contribution in [-0.4, -0.2) is 23.4 Å². The third kappa shape index (κ3) is 3.14. The van der Waals surface area contributed by atoms with E-state index in [1.807, 2.05) is 6.20 Å². The Morgan fingerprint density at radius 3 is 2.58 bits per heavy atom. The molecular formula is C16H24N2O. The first-order valence-corrected chi connectivity index (χ1v) is 7.13. The molecule has 0 spiro atoms. The molecule has 1 aliphatic heterocycles. The maximum absolute atomic E-state index is 11.7. The fourth-order valence-electron chi connectivity index (χ4n) is 2.63. The summed E-state index contributed by atoms with van der Waals surface area (Å²) in [4.78, 5) is 18.5. The van der Waals surface area contributed by atoms with E-state index in [0.29, 0.717) is 0 Å². The first kappa shape index (κ1) is 14.0. The summed E-state index contributed by atoms with van der Waals surface area (Å²) in [6.07, 6.45) is 5.19. The number of rotatable bonds is 2. The minimum absolute atomic E-state index is 0.0155. The van der Waals surface area contributed by atoms with Gasteiger partial charge in [0.25, 0.3) is 0 Å². The van der Waals surface area contributed by atoms with Crippen molar-refractivity contribution in [2.75, 3.05) is 11.4 Å². The average Bonchev–Trinajstić information content (AvgIpc) is 2.38. The predicted molar refractivity (Wildman–Crippen MR) is 78.6 cm³/mol. The average molecular weight is 260 g/mol. The minimum Gasteiger partial charge on any atom is -0.347 e. The molecule has 0 bridgehead atoms. The van der Waals surface area contributed by atoms with Crippen LogP contribution >= 0.6 is 0 Å². The van der Waals surface area contributed by atoms with Crippen molar-refractivity contribution in [3.63, 3.8) is 0 Å². The summed E-state index contributed by atoms with van der Waals surface area (Å²) >= 11 is 0. The SMILES string of the molecule is CC(=O)C1CCCCN1c1ccc(C(C)(C)C)cn1. The van der Waals surface area contributed by atoms with Crippen molar-refractivity contribution in [1.82, 2.24) is 4.98 Å². The second kappa shape index (κ2) is 5.32. The summed E-state index contributed by atoms with van der Waals surface area (Å²) in [6.45, 7) is 9.17. The Balaban J connectivity index is 2.23. The number of pyridine rings is 1. The van der Waals surface area contributed by atoms with Crippen molar-refractivity contribution in [2.24, 2.45) is 0 Å². The number of aromatic nitrogens is 1. The molecule has 1 atom stereocenters. The van der Waals surface area contributed by atoms with E-state index in [9.17, 15) is 4.79 Å². The van der Waals surface area contributed by atoms with Crippen molar-refractivity contribution in [1.29, 1.82) is 0 Å². The van der Waals surface area contributed by atoms with E-state index in [2.05, 4.69) is 42.8 Å². The largest absolute Gasteiger partial charge is 0.347 e. The maximum atomic E-state index is 11.7. The Kier molecular flexibility index (Phi) is 3.93. The number of carbonyl (C=O) groups is 1. The van der Waals surface area contributed by atoms with Crippen LogP contribution in [0.4, 0.5) is 5.82 Å². The number of anilines is 1. The molecule has 0 N–H and O–H groups in total. The zero-order valence-electron chi connectivity index (χ0n) is 12.4. The molecule has 1 fully saturated rings. The Hall–Kier alpha value is -1.38. The molecule has 1 aromatic heterocycles. The van der Waals surface area contributed by atoms with Crippen LogP contribution < -0.4 is 4.90 Å². The van der Waals surface area contributed by atoms with Crippen LogP contribution in [0.15, 0.2) is 18.3 Å². The van der Waals surface area contributed by atoms with Gasteiger partial charge in [0, 0.05) is 12.7 Å². The number of carbonyl (C=O) groups excluding carboxylic acids is 1. The van der Waals surface area contributed by atoms with Gasteiger partial charge in [-0.25, -0.2) is 4.98 Å². The lowest BCUT2D eigenvalue weighted by molar-refractivity contribution is -0.118. The van der Waals surface area contributed by atoms with Crippen LogP contribution in [0.3, 0.4) is 0 Å². The summed E-state index contributed by atoms with van der Waals surface area (Å²) < 4.78 is 0. The van der Waals surface area contributed by atoms with Gasteiger partial charge < -0.3 is 4.90 Å². The van der Waals surface area contributed by atoms with Gasteiger partial charge in [0.2, 0.25) is 0 Å². The maximum Gasteiger partial charge on any atom is 0.152 e. The second-order valence-corrected chi connectivity index (χ2v) is 6.47. The number of ketones is 1. The highest BCUT2D eigenvalue weighted by Crippen LogP contribution is 2.26. The molecule has 1 aliphatic rings. The molecule has 1 saturated heterocycles. The van der Waals surface area contributed by atoms with Crippen molar-refractivity contribution < 1.29 is 4.79 Å². The molecule has 2 heterocycles. The molecule has 0 aromatic carbocycles. The van der Waals surface area contributed by atoms with E-state index in [0.717, 1.165) is 31.6 Å². The topological polar surface area (TPSA) is 33.2 Å². The van der Waals surface area contributed by atoms with Crippen molar-refractivity contribution in [2.45, 2.75) is 58.4 Å². The number of nitrogens with zero attached hydrogens (tertiary/aromatic N) is 2. The Morgan fingerprint density at radius 2 is 2.05 bits per heavy atom. The van der Waals surface area contributed by atoms with Gasteiger partial charge in [-0.3, -0.25) is 4.79 Å². The molecule has 3 heteroatoms. The zero-order valence-corrected chi connectivity index (χ0v) is 12.4. The first-order chi connectivity index (χ1) is 8.89. The highest BCUT2D eigenvalue weighted by molar-refractivity contribution is 5.84. The summed E-state index contributed by atoms with van der Waals surface area (Å²) in [5, 5.41) is 0. The zero-order chi connectivity index (χ0) is 14.0. The third-order valence-electron chi connectivity index (χ3n) is 3.88. The predicted octanol–water partition coefficient (Wildman–Crippen LogP) is 3.33. The number of hydrogen-bond acceptors (Lipinski definition) is 3. The van der Waals surface area contributed by atoms with Gasteiger partial charge in [-0.15, -0.1) is 0 Å². The van der Waals surface area contributed by atoms with Gasteiger partial charge in [-0.05, 0) is 43.2 Å². The van der Waals surface area contributed by atoms with Crippen LogP contribution in [0.2, 0.25) is 0 Å². The molecule has 1 unspecified atom stereocenters. The van der Waals surface area contributed by atoms with E-state index in [1.54, 1.807) is 6.92 Å². The van der Waals surface area contributed by atoms with Gasteiger partial charge in [-0.1, -0.05) is 26.8 Å². The Morgan fingerprint density at radius 1 is 1.32 bits per heavy atom. The third-order valence-corrected chi connectivity index (χ3v) is 3.88. The van der Waals surface area contributed by atoms with E-state index in [4.69, 9.17) is 0 Å². The van der Waals surface area contributed by atoms with Crippen molar-refractivity contribution in [3.05, 3.63) is 23.9 Å². The Bertz CT molecular complexity index is 445. The summed E-state index contributed by atoms with van der Waals surface area (Å²) in [5.74, 6) is 1.19. The van der Waals surface area contributed by atoms with E-state index < -0.39 is 0 Å². The highest BCUT2D eigenvalue weighted by Gasteiger charge is 2.27. The highest BCUT2D eigenvalue weighted by atomic mass is 16.1. The standard InChI is InChI=1S/C16H24N2O/c1-12(19)14-7-5-6-10-18(14)15-9-8-13(11-17-15)16(2,3)4/h8-9,11,14H,5-7,10H2,1-4H3. The lowest BCUT2D eigenvalue weighted by Gasteiger charge is -2.35. The molecule has 0 aliphatic carbocycles. The smallest absolute Gasteiger partial charge is 0.152 e. The second-order valence-electron chi connectivity index (χ2n) is 6.47. The summed E-state index contributed by atoms with van der Waals surface area (Å²) in [6, 6.07) is 4.21. The molecule has 0 amide bonds. The summed E-state index contributed by atoms with van der Waals surface area (Å²) in [7, 11) is 0. The van der Waals surface area contributed by atoms with Crippen molar-refractivity contribution in [3.8, 4) is 0 Å². The van der Waals surface area contributed by atoms with Gasteiger partial charge >= 0.3 is 0 Å².